The molecular weight excluding hydrogens is 314 g/mol. The molecule has 0 bridgehead atoms. The molecule has 0 spiro atoms. The number of esters is 1. The summed E-state index contributed by atoms with van der Waals surface area (Å²) < 4.78 is 6.45. The monoisotopic (exact) mass is 327 g/mol. The molecule has 1 aromatic heterocycles. The Morgan fingerprint density at radius 3 is 2.39 bits per heavy atom. The number of halogens is 1. The zero-order valence-electron chi connectivity index (χ0n) is 12.4. The predicted molar refractivity (Wildman–Crippen MR) is 89.2 cm³/mol. The third kappa shape index (κ3) is 2.69. The summed E-state index contributed by atoms with van der Waals surface area (Å²) in [7, 11) is 1.28. The molecule has 23 heavy (non-hydrogen) atoms. The molecule has 0 fully saturated rings. The van der Waals surface area contributed by atoms with Crippen LogP contribution >= 0.6 is 11.6 Å². The molecule has 0 aliphatic rings. The minimum Gasteiger partial charge on any atom is -0.505 e. The molecule has 0 atom stereocenters. The number of methoxy groups -OCH3 is 1. The van der Waals surface area contributed by atoms with Gasteiger partial charge in [0.15, 0.2) is 5.69 Å². The Bertz CT molecular complexity index is 856. The lowest BCUT2D eigenvalue weighted by Crippen LogP contribution is -2.10. The van der Waals surface area contributed by atoms with Gasteiger partial charge in [0, 0.05) is 22.3 Å². The summed E-state index contributed by atoms with van der Waals surface area (Å²) in [6.45, 7) is 0. The average molecular weight is 328 g/mol. The van der Waals surface area contributed by atoms with Gasteiger partial charge in [0.05, 0.1) is 12.8 Å². The van der Waals surface area contributed by atoms with Crippen LogP contribution in [0.5, 0.6) is 5.75 Å². The number of nitrogens with zero attached hydrogens (tertiary/aromatic N) is 1. The van der Waals surface area contributed by atoms with Crippen LogP contribution in [0.2, 0.25) is 5.02 Å². The smallest absolute Gasteiger partial charge is 0.358 e. The van der Waals surface area contributed by atoms with Crippen molar-refractivity contribution in [1.29, 1.82) is 0 Å². The SMILES string of the molecule is COC(=O)c1c(O)cc(-c2ccccc2Cl)n1-c1ccccc1. The molecular formula is C18H14ClNO3. The number of carbonyl (C=O) groups is 1. The van der Waals surface area contributed by atoms with Crippen molar-refractivity contribution in [2.45, 2.75) is 0 Å². The van der Waals surface area contributed by atoms with E-state index in [9.17, 15) is 9.90 Å². The molecule has 2 aromatic carbocycles. The number of aromatic nitrogens is 1. The van der Waals surface area contributed by atoms with Gasteiger partial charge in [0.1, 0.15) is 5.75 Å². The first kappa shape index (κ1) is 15.2. The molecule has 0 saturated heterocycles. The summed E-state index contributed by atoms with van der Waals surface area (Å²) >= 11 is 6.28. The van der Waals surface area contributed by atoms with Crippen LogP contribution in [0.3, 0.4) is 0 Å². The lowest BCUT2D eigenvalue weighted by Gasteiger charge is -2.13. The number of carbonyl (C=O) groups excluding carboxylic acids is 1. The quantitative estimate of drug-likeness (QED) is 0.730. The number of para-hydroxylation sites is 1. The summed E-state index contributed by atoms with van der Waals surface area (Å²) in [5.41, 5.74) is 2.11. The highest BCUT2D eigenvalue weighted by Gasteiger charge is 2.24. The Morgan fingerprint density at radius 1 is 1.09 bits per heavy atom. The molecule has 3 rings (SSSR count). The zero-order chi connectivity index (χ0) is 16.4. The largest absolute Gasteiger partial charge is 0.505 e. The third-order valence-electron chi connectivity index (χ3n) is 3.52. The van der Waals surface area contributed by atoms with Crippen LogP contribution in [-0.4, -0.2) is 22.8 Å². The standard InChI is InChI=1S/C18H14ClNO3/c1-23-18(22)17-16(21)11-15(13-9-5-6-10-14(13)19)20(17)12-7-3-2-4-8-12/h2-11,21H,1H3. The van der Waals surface area contributed by atoms with E-state index in [0.29, 0.717) is 16.3 Å². The maximum Gasteiger partial charge on any atom is 0.358 e. The number of ether oxygens (including phenoxy) is 1. The highest BCUT2D eigenvalue weighted by molar-refractivity contribution is 6.33. The van der Waals surface area contributed by atoms with E-state index in [1.54, 1.807) is 10.6 Å². The topological polar surface area (TPSA) is 51.5 Å². The van der Waals surface area contributed by atoms with E-state index in [4.69, 9.17) is 16.3 Å². The molecule has 5 heteroatoms. The lowest BCUT2D eigenvalue weighted by atomic mass is 10.1. The molecule has 0 radical (unpaired) electrons. The maximum absolute atomic E-state index is 12.1. The van der Waals surface area contributed by atoms with Crippen molar-refractivity contribution in [1.82, 2.24) is 4.57 Å². The average Bonchev–Trinajstić information content (AvgIpc) is 2.92. The molecule has 0 aliphatic carbocycles. The molecule has 0 unspecified atom stereocenters. The first-order chi connectivity index (χ1) is 11.1. The fourth-order valence-electron chi connectivity index (χ4n) is 2.50. The number of aromatic hydroxyl groups is 1. The van der Waals surface area contributed by atoms with Crippen molar-refractivity contribution < 1.29 is 14.6 Å². The molecule has 0 amide bonds. The van der Waals surface area contributed by atoms with Crippen LogP contribution in [-0.2, 0) is 4.74 Å². The van der Waals surface area contributed by atoms with Crippen LogP contribution in [0.1, 0.15) is 10.5 Å². The highest BCUT2D eigenvalue weighted by Crippen LogP contribution is 2.36. The van der Waals surface area contributed by atoms with E-state index in [1.165, 1.54) is 13.2 Å². The van der Waals surface area contributed by atoms with Crippen molar-refractivity contribution >= 4 is 17.6 Å². The van der Waals surface area contributed by atoms with E-state index < -0.39 is 5.97 Å². The first-order valence-electron chi connectivity index (χ1n) is 6.97. The zero-order valence-corrected chi connectivity index (χ0v) is 13.1. The maximum atomic E-state index is 12.1. The van der Waals surface area contributed by atoms with Crippen LogP contribution in [0.15, 0.2) is 60.7 Å². The fourth-order valence-corrected chi connectivity index (χ4v) is 2.73. The molecule has 1 N–H and O–H groups in total. The normalized spacial score (nSPS) is 10.5. The Hall–Kier alpha value is -2.72. The third-order valence-corrected chi connectivity index (χ3v) is 3.85. The van der Waals surface area contributed by atoms with Gasteiger partial charge in [-0.05, 0) is 18.2 Å². The van der Waals surface area contributed by atoms with Crippen molar-refractivity contribution in [2.24, 2.45) is 0 Å². The molecule has 0 aliphatic heterocycles. The van der Waals surface area contributed by atoms with Crippen molar-refractivity contribution in [2.75, 3.05) is 7.11 Å². The van der Waals surface area contributed by atoms with E-state index in [0.717, 1.165) is 5.69 Å². The number of rotatable bonds is 3. The van der Waals surface area contributed by atoms with Gasteiger partial charge in [-0.25, -0.2) is 4.79 Å². The van der Waals surface area contributed by atoms with Crippen molar-refractivity contribution in [3.63, 3.8) is 0 Å². The summed E-state index contributed by atoms with van der Waals surface area (Å²) in [6, 6.07) is 18.0. The Morgan fingerprint density at radius 2 is 1.74 bits per heavy atom. The summed E-state index contributed by atoms with van der Waals surface area (Å²) in [5, 5.41) is 10.8. The van der Waals surface area contributed by atoms with Gasteiger partial charge < -0.3 is 14.4 Å². The Kier molecular flexibility index (Phi) is 4.08. The van der Waals surface area contributed by atoms with Gasteiger partial charge >= 0.3 is 5.97 Å². The summed E-state index contributed by atoms with van der Waals surface area (Å²) in [6.07, 6.45) is 0. The van der Waals surface area contributed by atoms with Gasteiger partial charge in [-0.1, -0.05) is 48.0 Å². The second-order valence-electron chi connectivity index (χ2n) is 4.91. The summed E-state index contributed by atoms with van der Waals surface area (Å²) in [4.78, 5) is 12.1. The van der Waals surface area contributed by atoms with Crippen LogP contribution < -0.4 is 0 Å². The molecule has 1 heterocycles. The van der Waals surface area contributed by atoms with Crippen LogP contribution in [0, 0.1) is 0 Å². The Balaban J connectivity index is 2.34. The van der Waals surface area contributed by atoms with Gasteiger partial charge in [-0.2, -0.15) is 0 Å². The minimum absolute atomic E-state index is 0.0635. The van der Waals surface area contributed by atoms with Gasteiger partial charge in [0.2, 0.25) is 0 Å². The second kappa shape index (κ2) is 6.18. The summed E-state index contributed by atoms with van der Waals surface area (Å²) in [5.74, 6) is -0.778. The highest BCUT2D eigenvalue weighted by atomic mass is 35.5. The number of hydrogen-bond acceptors (Lipinski definition) is 3. The fraction of sp³-hybridized carbons (Fsp3) is 0.0556. The van der Waals surface area contributed by atoms with Gasteiger partial charge in [-0.15, -0.1) is 0 Å². The molecule has 116 valence electrons. The van der Waals surface area contributed by atoms with Crippen LogP contribution in [0.25, 0.3) is 16.9 Å². The number of hydrogen-bond donors (Lipinski definition) is 1. The van der Waals surface area contributed by atoms with Crippen molar-refractivity contribution in [3.05, 3.63) is 71.4 Å². The molecule has 0 saturated carbocycles. The van der Waals surface area contributed by atoms with E-state index in [1.807, 2.05) is 48.5 Å². The molecule has 3 aromatic rings. The van der Waals surface area contributed by atoms with Gasteiger partial charge in [-0.3, -0.25) is 0 Å². The van der Waals surface area contributed by atoms with Gasteiger partial charge in [0.25, 0.3) is 0 Å². The van der Waals surface area contributed by atoms with E-state index in [-0.39, 0.29) is 11.4 Å². The Labute approximate surface area is 138 Å². The van der Waals surface area contributed by atoms with E-state index >= 15 is 0 Å². The second-order valence-corrected chi connectivity index (χ2v) is 5.31. The first-order valence-corrected chi connectivity index (χ1v) is 7.34. The predicted octanol–water partition coefficient (Wildman–Crippen LogP) is 4.29. The minimum atomic E-state index is -0.621. The van der Waals surface area contributed by atoms with E-state index in [2.05, 4.69) is 0 Å². The van der Waals surface area contributed by atoms with Crippen molar-refractivity contribution in [3.8, 4) is 22.7 Å². The lowest BCUT2D eigenvalue weighted by molar-refractivity contribution is 0.0588. The molecule has 4 nitrogen and oxygen atoms in total. The number of benzene rings is 2. The van der Waals surface area contributed by atoms with Crippen LogP contribution in [0.4, 0.5) is 0 Å².